The van der Waals surface area contributed by atoms with Crippen molar-refractivity contribution in [1.82, 2.24) is 5.32 Å². The molecular formula is C19H19N3O4. The van der Waals surface area contributed by atoms with Crippen molar-refractivity contribution in [3.8, 4) is 17.2 Å². The van der Waals surface area contributed by atoms with Gasteiger partial charge in [-0.05, 0) is 60.2 Å². The number of rotatable bonds is 7. The second kappa shape index (κ2) is 8.06. The average Bonchev–Trinajstić information content (AvgIpc) is 3.07. The standard InChI is InChI=1S/C19H19N3O4/c20-10-9-18(21)13-1-3-16(4-2-13)26-17-7-5-15(6-8-17)24-11-14-12-25-19(23)22-14/h1-10,14,20H,11-12,21H2,(H,22,23)/b18-9-,20-10?/t14-/m0/s1. The molecule has 4 N–H and O–H groups in total. The van der Waals surface area contributed by atoms with Crippen molar-refractivity contribution in [2.75, 3.05) is 13.2 Å². The van der Waals surface area contributed by atoms with E-state index < -0.39 is 6.09 Å². The van der Waals surface area contributed by atoms with E-state index >= 15 is 0 Å². The van der Waals surface area contributed by atoms with Crippen LogP contribution in [-0.2, 0) is 4.74 Å². The predicted octanol–water partition coefficient (Wildman–Crippen LogP) is 2.92. The van der Waals surface area contributed by atoms with Crippen molar-refractivity contribution < 1.29 is 19.0 Å². The first-order valence-corrected chi connectivity index (χ1v) is 8.05. The lowest BCUT2D eigenvalue weighted by atomic mass is 10.1. The van der Waals surface area contributed by atoms with Gasteiger partial charge < -0.3 is 30.7 Å². The molecule has 7 heteroatoms. The molecule has 0 radical (unpaired) electrons. The maximum absolute atomic E-state index is 10.9. The highest BCUT2D eigenvalue weighted by Crippen LogP contribution is 2.25. The molecule has 26 heavy (non-hydrogen) atoms. The zero-order valence-electron chi connectivity index (χ0n) is 14.0. The first kappa shape index (κ1) is 17.3. The molecule has 2 aromatic carbocycles. The second-order valence-corrected chi connectivity index (χ2v) is 5.64. The number of allylic oxidation sites excluding steroid dienone is 1. The number of hydrogen-bond donors (Lipinski definition) is 3. The van der Waals surface area contributed by atoms with Gasteiger partial charge in [-0.3, -0.25) is 0 Å². The van der Waals surface area contributed by atoms with Gasteiger partial charge in [-0.15, -0.1) is 0 Å². The number of hydrogen-bond acceptors (Lipinski definition) is 6. The van der Waals surface area contributed by atoms with Gasteiger partial charge in [0.15, 0.2) is 0 Å². The van der Waals surface area contributed by atoms with Crippen molar-refractivity contribution in [3.05, 3.63) is 60.2 Å². The molecule has 134 valence electrons. The molecule has 1 saturated heterocycles. The van der Waals surface area contributed by atoms with Crippen LogP contribution in [0, 0.1) is 5.41 Å². The first-order chi connectivity index (χ1) is 12.6. The Labute approximate surface area is 150 Å². The van der Waals surface area contributed by atoms with E-state index in [2.05, 4.69) is 5.32 Å². The fourth-order valence-corrected chi connectivity index (χ4v) is 2.35. The third kappa shape index (κ3) is 4.54. The minimum absolute atomic E-state index is 0.133. The molecule has 0 saturated carbocycles. The van der Waals surface area contributed by atoms with Gasteiger partial charge in [-0.25, -0.2) is 4.79 Å². The topological polar surface area (TPSA) is 107 Å². The summed E-state index contributed by atoms with van der Waals surface area (Å²) in [6.45, 7) is 0.660. The molecule has 0 aliphatic carbocycles. The highest BCUT2D eigenvalue weighted by atomic mass is 16.6. The van der Waals surface area contributed by atoms with Crippen LogP contribution in [0.4, 0.5) is 4.79 Å². The SMILES string of the molecule is N=C/C=C(\N)c1ccc(Oc2ccc(OC[C@H]3COC(=O)N3)cc2)cc1. The first-order valence-electron chi connectivity index (χ1n) is 8.05. The minimum atomic E-state index is -0.413. The highest BCUT2D eigenvalue weighted by molar-refractivity contribution is 5.81. The van der Waals surface area contributed by atoms with Gasteiger partial charge >= 0.3 is 6.09 Å². The largest absolute Gasteiger partial charge is 0.491 e. The van der Waals surface area contributed by atoms with Gasteiger partial charge in [0.05, 0.1) is 0 Å². The molecule has 2 aromatic rings. The van der Waals surface area contributed by atoms with Gasteiger partial charge in [-0.1, -0.05) is 0 Å². The van der Waals surface area contributed by atoms with Crippen molar-refractivity contribution >= 4 is 18.0 Å². The molecule has 1 fully saturated rings. The number of alkyl carbamates (subject to hydrolysis) is 1. The Morgan fingerprint density at radius 1 is 1.15 bits per heavy atom. The molecule has 1 heterocycles. The van der Waals surface area contributed by atoms with Crippen LogP contribution in [0.1, 0.15) is 5.56 Å². The van der Waals surface area contributed by atoms with Crippen LogP contribution in [-0.4, -0.2) is 31.6 Å². The molecule has 1 aliphatic rings. The Hall–Kier alpha value is -3.48. The Morgan fingerprint density at radius 2 is 1.77 bits per heavy atom. The summed E-state index contributed by atoms with van der Waals surface area (Å²) in [5, 5.41) is 9.69. The molecule has 0 unspecified atom stereocenters. The lowest BCUT2D eigenvalue weighted by Gasteiger charge is -2.11. The van der Waals surface area contributed by atoms with Crippen LogP contribution in [0.25, 0.3) is 5.70 Å². The van der Waals surface area contributed by atoms with E-state index in [9.17, 15) is 4.79 Å². The van der Waals surface area contributed by atoms with Crippen LogP contribution in [0.2, 0.25) is 0 Å². The maximum Gasteiger partial charge on any atom is 0.407 e. The molecule has 7 nitrogen and oxygen atoms in total. The summed E-state index contributed by atoms with van der Waals surface area (Å²) in [5.74, 6) is 2.03. The number of carbonyl (C=O) groups is 1. The van der Waals surface area contributed by atoms with E-state index in [1.54, 1.807) is 24.3 Å². The number of cyclic esters (lactones) is 1. The number of amides is 1. The number of nitrogens with one attached hydrogen (secondary N) is 2. The molecule has 0 bridgehead atoms. The minimum Gasteiger partial charge on any atom is -0.491 e. The Bertz CT molecular complexity index is 801. The summed E-state index contributed by atoms with van der Waals surface area (Å²) in [5.41, 5.74) is 7.18. The van der Waals surface area contributed by atoms with Crippen LogP contribution in [0.3, 0.4) is 0 Å². The molecule has 3 rings (SSSR count). The Balaban J connectivity index is 1.54. The lowest BCUT2D eigenvalue weighted by molar-refractivity contribution is 0.174. The zero-order chi connectivity index (χ0) is 18.4. The quantitative estimate of drug-likeness (QED) is 0.664. The van der Waals surface area contributed by atoms with Crippen LogP contribution in [0.15, 0.2) is 54.6 Å². The van der Waals surface area contributed by atoms with Crippen LogP contribution in [0.5, 0.6) is 17.2 Å². The van der Waals surface area contributed by atoms with Gasteiger partial charge in [0, 0.05) is 11.9 Å². The molecule has 1 aliphatic heterocycles. The molecule has 1 amide bonds. The van der Waals surface area contributed by atoms with Gasteiger partial charge in [0.25, 0.3) is 0 Å². The fraction of sp³-hybridized carbons (Fsp3) is 0.158. The van der Waals surface area contributed by atoms with Crippen LogP contribution < -0.4 is 20.5 Å². The summed E-state index contributed by atoms with van der Waals surface area (Å²) in [7, 11) is 0. The number of carbonyl (C=O) groups excluding carboxylic acids is 1. The molecule has 0 aromatic heterocycles. The fourth-order valence-electron chi connectivity index (χ4n) is 2.35. The monoisotopic (exact) mass is 353 g/mol. The normalized spacial score (nSPS) is 16.5. The van der Waals surface area contributed by atoms with Gasteiger partial charge in [-0.2, -0.15) is 0 Å². The van der Waals surface area contributed by atoms with Crippen molar-refractivity contribution in [2.24, 2.45) is 5.73 Å². The van der Waals surface area contributed by atoms with E-state index in [1.165, 1.54) is 6.08 Å². The van der Waals surface area contributed by atoms with E-state index in [4.69, 9.17) is 25.4 Å². The predicted molar refractivity (Wildman–Crippen MR) is 97.7 cm³/mol. The number of ether oxygens (including phenoxy) is 3. The summed E-state index contributed by atoms with van der Waals surface area (Å²) in [6.07, 6.45) is 2.26. The Morgan fingerprint density at radius 3 is 2.35 bits per heavy atom. The maximum atomic E-state index is 10.9. The molecular weight excluding hydrogens is 334 g/mol. The summed E-state index contributed by atoms with van der Waals surface area (Å²) >= 11 is 0. The Kier molecular flexibility index (Phi) is 5.38. The smallest absolute Gasteiger partial charge is 0.407 e. The van der Waals surface area contributed by atoms with Gasteiger partial charge in [0.1, 0.15) is 36.5 Å². The zero-order valence-corrected chi connectivity index (χ0v) is 14.0. The second-order valence-electron chi connectivity index (χ2n) is 5.64. The van der Waals surface area contributed by atoms with E-state index in [1.807, 2.05) is 24.3 Å². The van der Waals surface area contributed by atoms with Crippen molar-refractivity contribution in [1.29, 1.82) is 5.41 Å². The average molecular weight is 353 g/mol. The van der Waals surface area contributed by atoms with Crippen LogP contribution >= 0.6 is 0 Å². The lowest BCUT2D eigenvalue weighted by Crippen LogP contribution is -2.32. The van der Waals surface area contributed by atoms with Crippen molar-refractivity contribution in [2.45, 2.75) is 6.04 Å². The summed E-state index contributed by atoms with van der Waals surface area (Å²) in [4.78, 5) is 10.9. The van der Waals surface area contributed by atoms with E-state index in [0.29, 0.717) is 36.2 Å². The van der Waals surface area contributed by atoms with Crippen molar-refractivity contribution in [3.63, 3.8) is 0 Å². The highest BCUT2D eigenvalue weighted by Gasteiger charge is 2.22. The third-order valence-corrected chi connectivity index (χ3v) is 3.70. The van der Waals surface area contributed by atoms with Gasteiger partial charge in [0.2, 0.25) is 0 Å². The number of benzene rings is 2. The van der Waals surface area contributed by atoms with E-state index in [0.717, 1.165) is 11.8 Å². The third-order valence-electron chi connectivity index (χ3n) is 3.70. The van der Waals surface area contributed by atoms with E-state index in [-0.39, 0.29) is 6.04 Å². The summed E-state index contributed by atoms with van der Waals surface area (Å²) in [6, 6.07) is 14.4. The summed E-state index contributed by atoms with van der Waals surface area (Å²) < 4.78 is 16.2. The molecule has 1 atom stereocenters. The number of nitrogens with two attached hydrogens (primary N) is 1. The molecule has 0 spiro atoms.